The molecule has 0 spiro atoms. The molecule has 1 aromatic carbocycles. The van der Waals surface area contributed by atoms with Gasteiger partial charge >= 0.3 is 0 Å². The molecule has 2 nitrogen and oxygen atoms in total. The van der Waals surface area contributed by atoms with E-state index in [1.165, 1.54) is 7.11 Å². The molecule has 0 aliphatic rings. The number of nitrogens with two attached hydrogens (primary N) is 1. The Morgan fingerprint density at radius 2 is 2.00 bits per heavy atom. The minimum absolute atomic E-state index is 0.168. The molecule has 76 valence electrons. The van der Waals surface area contributed by atoms with E-state index < -0.39 is 11.6 Å². The Morgan fingerprint density at radius 1 is 1.43 bits per heavy atom. The van der Waals surface area contributed by atoms with Gasteiger partial charge in [0.05, 0.1) is 7.11 Å². The predicted molar refractivity (Wildman–Crippen MR) is 51.0 cm³/mol. The van der Waals surface area contributed by atoms with Gasteiger partial charge in [-0.05, 0) is 11.6 Å². The van der Waals surface area contributed by atoms with Crippen LogP contribution in [0.5, 0.6) is 5.75 Å². The zero-order valence-electron chi connectivity index (χ0n) is 7.81. The molecule has 2 N–H and O–H groups in total. The van der Waals surface area contributed by atoms with Crippen LogP contribution in [0.15, 0.2) is 18.7 Å². The first kappa shape index (κ1) is 10.7. The van der Waals surface area contributed by atoms with Crippen molar-refractivity contribution in [1.82, 2.24) is 0 Å². The van der Waals surface area contributed by atoms with Crippen molar-refractivity contribution in [2.75, 3.05) is 13.7 Å². The summed E-state index contributed by atoms with van der Waals surface area (Å²) in [5.41, 5.74) is 6.24. The highest BCUT2D eigenvalue weighted by atomic mass is 19.2. The van der Waals surface area contributed by atoms with E-state index in [9.17, 15) is 8.78 Å². The highest BCUT2D eigenvalue weighted by molar-refractivity contribution is 5.69. The van der Waals surface area contributed by atoms with Gasteiger partial charge in [0.2, 0.25) is 0 Å². The predicted octanol–water partition coefficient (Wildman–Crippen LogP) is 1.95. The molecule has 0 saturated carbocycles. The summed E-state index contributed by atoms with van der Waals surface area (Å²) >= 11 is 0. The second kappa shape index (κ2) is 4.19. The SMILES string of the molecule is C=C(CN)c1cc(F)c(F)cc1OC. The number of methoxy groups -OCH3 is 1. The largest absolute Gasteiger partial charge is 0.496 e. The topological polar surface area (TPSA) is 35.2 Å². The van der Waals surface area contributed by atoms with Crippen molar-refractivity contribution in [3.63, 3.8) is 0 Å². The average Bonchev–Trinajstić information content (AvgIpc) is 2.20. The summed E-state index contributed by atoms with van der Waals surface area (Å²) in [5, 5.41) is 0. The lowest BCUT2D eigenvalue weighted by molar-refractivity contribution is 0.405. The standard InChI is InChI=1S/C10H11F2NO/c1-6(5-13)7-3-8(11)9(12)4-10(7)14-2/h3-4H,1,5,13H2,2H3. The number of hydrogen-bond donors (Lipinski definition) is 1. The van der Waals surface area contributed by atoms with Gasteiger partial charge in [0.15, 0.2) is 11.6 Å². The van der Waals surface area contributed by atoms with E-state index in [2.05, 4.69) is 6.58 Å². The summed E-state index contributed by atoms with van der Waals surface area (Å²) in [7, 11) is 1.37. The third kappa shape index (κ3) is 1.90. The first-order valence-electron chi connectivity index (χ1n) is 4.01. The maximum Gasteiger partial charge on any atom is 0.162 e. The minimum atomic E-state index is -0.949. The van der Waals surface area contributed by atoms with Gasteiger partial charge in [-0.1, -0.05) is 6.58 Å². The Balaban J connectivity index is 3.27. The van der Waals surface area contributed by atoms with Gasteiger partial charge in [-0.2, -0.15) is 0 Å². The van der Waals surface area contributed by atoms with Gasteiger partial charge < -0.3 is 10.5 Å². The lowest BCUT2D eigenvalue weighted by Gasteiger charge is -2.09. The Labute approximate surface area is 81.0 Å². The van der Waals surface area contributed by atoms with Gasteiger partial charge in [-0.25, -0.2) is 8.78 Å². The fraction of sp³-hybridized carbons (Fsp3) is 0.200. The third-order valence-electron chi connectivity index (χ3n) is 1.87. The van der Waals surface area contributed by atoms with Crippen LogP contribution < -0.4 is 10.5 Å². The maximum absolute atomic E-state index is 12.9. The lowest BCUT2D eigenvalue weighted by atomic mass is 10.1. The molecule has 1 rings (SSSR count). The van der Waals surface area contributed by atoms with E-state index in [1.54, 1.807) is 0 Å². The summed E-state index contributed by atoms with van der Waals surface area (Å²) in [4.78, 5) is 0. The summed E-state index contributed by atoms with van der Waals surface area (Å²) in [5.74, 6) is -1.65. The molecule has 0 fully saturated rings. The molecule has 0 heterocycles. The Hall–Kier alpha value is -1.42. The molecule has 0 amide bonds. The van der Waals surface area contributed by atoms with Gasteiger partial charge in [0, 0.05) is 18.2 Å². The molecular weight excluding hydrogens is 188 g/mol. The van der Waals surface area contributed by atoms with E-state index in [0.29, 0.717) is 11.1 Å². The zero-order chi connectivity index (χ0) is 10.7. The van der Waals surface area contributed by atoms with E-state index in [-0.39, 0.29) is 12.3 Å². The van der Waals surface area contributed by atoms with Crippen molar-refractivity contribution < 1.29 is 13.5 Å². The number of halogens is 2. The number of rotatable bonds is 3. The van der Waals surface area contributed by atoms with Gasteiger partial charge in [0.25, 0.3) is 0 Å². The smallest absolute Gasteiger partial charge is 0.162 e. The minimum Gasteiger partial charge on any atom is -0.496 e. The Morgan fingerprint density at radius 3 is 2.50 bits per heavy atom. The van der Waals surface area contributed by atoms with Crippen LogP contribution in [0.4, 0.5) is 8.78 Å². The zero-order valence-corrected chi connectivity index (χ0v) is 7.81. The van der Waals surface area contributed by atoms with Crippen LogP contribution in [0.3, 0.4) is 0 Å². The van der Waals surface area contributed by atoms with E-state index in [0.717, 1.165) is 12.1 Å². The van der Waals surface area contributed by atoms with Crippen molar-refractivity contribution in [2.45, 2.75) is 0 Å². The quantitative estimate of drug-likeness (QED) is 0.807. The van der Waals surface area contributed by atoms with Crippen molar-refractivity contribution in [3.8, 4) is 5.75 Å². The molecule has 4 heteroatoms. The molecule has 1 aromatic rings. The van der Waals surface area contributed by atoms with E-state index in [1.807, 2.05) is 0 Å². The fourth-order valence-electron chi connectivity index (χ4n) is 1.08. The summed E-state index contributed by atoms with van der Waals surface area (Å²) < 4.78 is 30.6. The van der Waals surface area contributed by atoms with E-state index in [4.69, 9.17) is 10.5 Å². The third-order valence-corrected chi connectivity index (χ3v) is 1.87. The van der Waals surface area contributed by atoms with Crippen LogP contribution in [0, 0.1) is 11.6 Å². The van der Waals surface area contributed by atoms with Crippen LogP contribution in [0.2, 0.25) is 0 Å². The van der Waals surface area contributed by atoms with E-state index >= 15 is 0 Å². The molecule has 0 aliphatic carbocycles. The van der Waals surface area contributed by atoms with Gasteiger partial charge in [-0.15, -0.1) is 0 Å². The van der Waals surface area contributed by atoms with Crippen molar-refractivity contribution in [3.05, 3.63) is 35.9 Å². The summed E-state index contributed by atoms with van der Waals surface area (Å²) in [6.45, 7) is 3.80. The van der Waals surface area contributed by atoms with Crippen LogP contribution >= 0.6 is 0 Å². The molecule has 0 radical (unpaired) electrons. The molecule has 0 unspecified atom stereocenters. The summed E-state index contributed by atoms with van der Waals surface area (Å²) in [6.07, 6.45) is 0. The first-order valence-corrected chi connectivity index (χ1v) is 4.01. The molecule has 14 heavy (non-hydrogen) atoms. The Kier molecular flexibility index (Phi) is 3.19. The molecule has 0 saturated heterocycles. The molecule has 0 atom stereocenters. The number of hydrogen-bond acceptors (Lipinski definition) is 2. The van der Waals surface area contributed by atoms with Crippen LogP contribution in [-0.2, 0) is 0 Å². The fourth-order valence-corrected chi connectivity index (χ4v) is 1.08. The van der Waals surface area contributed by atoms with Crippen molar-refractivity contribution in [2.24, 2.45) is 5.73 Å². The normalized spacial score (nSPS) is 10.0. The number of ether oxygens (including phenoxy) is 1. The van der Waals surface area contributed by atoms with Crippen LogP contribution in [0.1, 0.15) is 5.56 Å². The monoisotopic (exact) mass is 199 g/mol. The van der Waals surface area contributed by atoms with Crippen LogP contribution in [-0.4, -0.2) is 13.7 Å². The van der Waals surface area contributed by atoms with Gasteiger partial charge in [-0.3, -0.25) is 0 Å². The average molecular weight is 199 g/mol. The molecule has 0 bridgehead atoms. The first-order chi connectivity index (χ1) is 6.60. The molecular formula is C10H11F2NO. The lowest BCUT2D eigenvalue weighted by Crippen LogP contribution is -2.04. The number of benzene rings is 1. The van der Waals surface area contributed by atoms with Gasteiger partial charge in [0.1, 0.15) is 5.75 Å². The van der Waals surface area contributed by atoms with Crippen LogP contribution in [0.25, 0.3) is 5.57 Å². The van der Waals surface area contributed by atoms with Crippen molar-refractivity contribution >= 4 is 5.57 Å². The van der Waals surface area contributed by atoms with Crippen molar-refractivity contribution in [1.29, 1.82) is 0 Å². The molecule has 0 aliphatic heterocycles. The Bertz CT molecular complexity index is 363. The highest BCUT2D eigenvalue weighted by Crippen LogP contribution is 2.26. The second-order valence-electron chi connectivity index (χ2n) is 2.77. The maximum atomic E-state index is 12.9. The summed E-state index contributed by atoms with van der Waals surface area (Å²) in [6, 6.07) is 2.01. The molecule has 0 aromatic heterocycles. The highest BCUT2D eigenvalue weighted by Gasteiger charge is 2.11. The second-order valence-corrected chi connectivity index (χ2v) is 2.77.